The second kappa shape index (κ2) is 7.24. The topological polar surface area (TPSA) is 100 Å². The minimum Gasteiger partial charge on any atom is -0.351 e. The zero-order valence-electron chi connectivity index (χ0n) is 14.6. The summed E-state index contributed by atoms with van der Waals surface area (Å²) in [6.45, 7) is 2.12. The summed E-state index contributed by atoms with van der Waals surface area (Å²) < 4.78 is 1.05. The Morgan fingerprint density at radius 3 is 2.41 bits per heavy atom. The number of amides is 3. The lowest BCUT2D eigenvalue weighted by molar-refractivity contribution is 0.102. The van der Waals surface area contributed by atoms with Crippen molar-refractivity contribution in [3.05, 3.63) is 48.0 Å². The first kappa shape index (κ1) is 17.3. The van der Waals surface area contributed by atoms with Gasteiger partial charge in [0.05, 0.1) is 10.2 Å². The Hall–Kier alpha value is -3.13. The van der Waals surface area contributed by atoms with Crippen LogP contribution >= 0.6 is 11.3 Å². The van der Waals surface area contributed by atoms with Crippen LogP contribution in [0.1, 0.15) is 23.2 Å². The molecule has 1 fully saturated rings. The predicted molar refractivity (Wildman–Crippen MR) is 109 cm³/mol. The standard InChI is InChI=1S/C19H19N5O2S/c20-18(26)22-13-5-3-12(4-6-13)17(25)21-14-7-8-15-16(11-14)27-19(23-15)24-9-1-2-10-24/h3-8,11H,1-2,9-10H2,(H,21,25)(H3,20,22,26). The van der Waals surface area contributed by atoms with E-state index in [0.717, 1.165) is 34.1 Å². The Morgan fingerprint density at radius 1 is 1.00 bits per heavy atom. The summed E-state index contributed by atoms with van der Waals surface area (Å²) in [5.41, 5.74) is 7.78. The monoisotopic (exact) mass is 381 g/mol. The number of nitrogens with one attached hydrogen (secondary N) is 2. The summed E-state index contributed by atoms with van der Waals surface area (Å²) in [4.78, 5) is 30.3. The fourth-order valence-corrected chi connectivity index (χ4v) is 4.14. The number of nitrogens with two attached hydrogens (primary N) is 1. The van der Waals surface area contributed by atoms with E-state index in [0.29, 0.717) is 11.3 Å². The van der Waals surface area contributed by atoms with Crippen molar-refractivity contribution in [2.45, 2.75) is 12.8 Å². The first-order valence-electron chi connectivity index (χ1n) is 8.72. The van der Waals surface area contributed by atoms with E-state index < -0.39 is 6.03 Å². The highest BCUT2D eigenvalue weighted by Gasteiger charge is 2.16. The average Bonchev–Trinajstić information content (AvgIpc) is 3.31. The Bertz CT molecular complexity index is 993. The minimum atomic E-state index is -0.640. The summed E-state index contributed by atoms with van der Waals surface area (Å²) in [6, 6.07) is 11.6. The van der Waals surface area contributed by atoms with Crippen molar-refractivity contribution in [1.82, 2.24) is 4.98 Å². The molecule has 1 aliphatic heterocycles. The number of thiazole rings is 1. The van der Waals surface area contributed by atoms with Gasteiger partial charge in [-0.2, -0.15) is 0 Å². The number of carbonyl (C=O) groups is 2. The molecular formula is C19H19N5O2S. The number of nitrogens with zero attached hydrogens (tertiary/aromatic N) is 2. The molecule has 8 heteroatoms. The summed E-state index contributed by atoms with van der Waals surface area (Å²) in [5.74, 6) is -0.218. The molecule has 2 heterocycles. The number of rotatable bonds is 4. The molecule has 3 amide bonds. The predicted octanol–water partition coefficient (Wildman–Crippen LogP) is 3.64. The summed E-state index contributed by atoms with van der Waals surface area (Å²) >= 11 is 1.65. The van der Waals surface area contributed by atoms with Crippen molar-refractivity contribution < 1.29 is 9.59 Å². The fraction of sp³-hybridized carbons (Fsp3) is 0.211. The van der Waals surface area contributed by atoms with Crippen LogP contribution in [0, 0.1) is 0 Å². The van der Waals surface area contributed by atoms with Crippen LogP contribution in [-0.2, 0) is 0 Å². The minimum absolute atomic E-state index is 0.218. The smallest absolute Gasteiger partial charge is 0.316 e. The van der Waals surface area contributed by atoms with Gasteiger partial charge in [0.2, 0.25) is 0 Å². The number of benzene rings is 2. The molecule has 1 saturated heterocycles. The molecule has 0 atom stereocenters. The zero-order chi connectivity index (χ0) is 18.8. The lowest BCUT2D eigenvalue weighted by Crippen LogP contribution is -2.19. The summed E-state index contributed by atoms with van der Waals surface area (Å²) in [7, 11) is 0. The maximum absolute atomic E-state index is 12.5. The molecule has 0 spiro atoms. The Kier molecular flexibility index (Phi) is 4.64. The number of primary amides is 1. The Balaban J connectivity index is 1.48. The van der Waals surface area contributed by atoms with Gasteiger partial charge in [-0.15, -0.1) is 0 Å². The first-order valence-corrected chi connectivity index (χ1v) is 9.53. The highest BCUT2D eigenvalue weighted by Crippen LogP contribution is 2.32. The van der Waals surface area contributed by atoms with Gasteiger partial charge in [0.25, 0.3) is 5.91 Å². The molecule has 0 bridgehead atoms. The number of aromatic nitrogens is 1. The summed E-state index contributed by atoms with van der Waals surface area (Å²) in [6.07, 6.45) is 2.43. The van der Waals surface area contributed by atoms with Crippen LogP contribution in [0.5, 0.6) is 0 Å². The van der Waals surface area contributed by atoms with E-state index in [9.17, 15) is 9.59 Å². The largest absolute Gasteiger partial charge is 0.351 e. The van der Waals surface area contributed by atoms with Gasteiger partial charge in [-0.05, 0) is 55.3 Å². The van der Waals surface area contributed by atoms with E-state index in [1.165, 1.54) is 12.8 Å². The highest BCUT2D eigenvalue weighted by atomic mass is 32.1. The van der Waals surface area contributed by atoms with Crippen molar-refractivity contribution in [2.24, 2.45) is 5.73 Å². The molecule has 3 aromatic rings. The number of carbonyl (C=O) groups excluding carboxylic acids is 2. The van der Waals surface area contributed by atoms with Crippen LogP contribution < -0.4 is 21.3 Å². The van der Waals surface area contributed by atoms with Crippen LogP contribution in [0.15, 0.2) is 42.5 Å². The number of urea groups is 1. The lowest BCUT2D eigenvalue weighted by atomic mass is 10.2. The van der Waals surface area contributed by atoms with Gasteiger partial charge in [0, 0.05) is 30.0 Å². The second-order valence-electron chi connectivity index (χ2n) is 6.39. The van der Waals surface area contributed by atoms with Gasteiger partial charge in [0.1, 0.15) is 0 Å². The van der Waals surface area contributed by atoms with Crippen molar-refractivity contribution in [1.29, 1.82) is 0 Å². The van der Waals surface area contributed by atoms with E-state index in [1.54, 1.807) is 35.6 Å². The van der Waals surface area contributed by atoms with Gasteiger partial charge < -0.3 is 21.3 Å². The molecule has 0 radical (unpaired) electrons. The van der Waals surface area contributed by atoms with Gasteiger partial charge in [-0.1, -0.05) is 11.3 Å². The van der Waals surface area contributed by atoms with Crippen LogP contribution in [0.3, 0.4) is 0 Å². The van der Waals surface area contributed by atoms with Gasteiger partial charge in [0.15, 0.2) is 5.13 Å². The van der Waals surface area contributed by atoms with Crippen molar-refractivity contribution in [3.63, 3.8) is 0 Å². The van der Waals surface area contributed by atoms with Crippen LogP contribution in [-0.4, -0.2) is 30.0 Å². The Morgan fingerprint density at radius 2 is 1.70 bits per heavy atom. The lowest BCUT2D eigenvalue weighted by Gasteiger charge is -2.11. The number of hydrogen-bond acceptors (Lipinski definition) is 5. The quantitative estimate of drug-likeness (QED) is 0.642. The van der Waals surface area contributed by atoms with E-state index in [-0.39, 0.29) is 5.91 Å². The van der Waals surface area contributed by atoms with E-state index in [2.05, 4.69) is 15.5 Å². The maximum Gasteiger partial charge on any atom is 0.316 e. The third-order valence-electron chi connectivity index (χ3n) is 4.43. The van der Waals surface area contributed by atoms with Crippen molar-refractivity contribution in [2.75, 3.05) is 28.6 Å². The fourth-order valence-electron chi connectivity index (χ4n) is 3.08. The zero-order valence-corrected chi connectivity index (χ0v) is 15.4. The highest BCUT2D eigenvalue weighted by molar-refractivity contribution is 7.22. The Labute approximate surface area is 160 Å². The SMILES string of the molecule is NC(=O)Nc1ccc(C(=O)Nc2ccc3nc(N4CCCC4)sc3c2)cc1. The van der Waals surface area contributed by atoms with Gasteiger partial charge in [-0.25, -0.2) is 9.78 Å². The van der Waals surface area contributed by atoms with Gasteiger partial charge in [-0.3, -0.25) is 4.79 Å². The molecule has 0 saturated carbocycles. The molecule has 1 aliphatic rings. The maximum atomic E-state index is 12.5. The molecule has 4 rings (SSSR count). The van der Waals surface area contributed by atoms with E-state index >= 15 is 0 Å². The van der Waals surface area contributed by atoms with Gasteiger partial charge >= 0.3 is 6.03 Å². The molecule has 0 aliphatic carbocycles. The second-order valence-corrected chi connectivity index (χ2v) is 7.40. The van der Waals surface area contributed by atoms with Crippen LogP contribution in [0.2, 0.25) is 0 Å². The summed E-state index contributed by atoms with van der Waals surface area (Å²) in [5, 5.41) is 6.41. The third-order valence-corrected chi connectivity index (χ3v) is 5.51. The molecular weight excluding hydrogens is 362 g/mol. The third kappa shape index (κ3) is 3.85. The molecule has 138 valence electrons. The van der Waals surface area contributed by atoms with E-state index in [4.69, 9.17) is 10.7 Å². The normalized spacial score (nSPS) is 13.7. The molecule has 4 N–H and O–H groups in total. The molecule has 2 aromatic carbocycles. The van der Waals surface area contributed by atoms with Crippen LogP contribution in [0.4, 0.5) is 21.3 Å². The molecule has 0 unspecified atom stereocenters. The molecule has 7 nitrogen and oxygen atoms in total. The van der Waals surface area contributed by atoms with Crippen LogP contribution in [0.25, 0.3) is 10.2 Å². The number of hydrogen-bond donors (Lipinski definition) is 3. The van der Waals surface area contributed by atoms with Crippen molar-refractivity contribution >= 4 is 50.0 Å². The van der Waals surface area contributed by atoms with Crippen molar-refractivity contribution in [3.8, 4) is 0 Å². The van der Waals surface area contributed by atoms with E-state index in [1.807, 2.05) is 18.2 Å². The average molecular weight is 381 g/mol. The molecule has 1 aromatic heterocycles. The molecule has 27 heavy (non-hydrogen) atoms. The number of fused-ring (bicyclic) bond motifs is 1. The first-order chi connectivity index (χ1) is 13.1. The number of anilines is 3.